The second-order valence-corrected chi connectivity index (χ2v) is 4.58. The van der Waals surface area contributed by atoms with Crippen molar-refractivity contribution in [1.82, 2.24) is 9.38 Å². The number of carbonyl (C=O) groups is 1. The normalized spacial score (nSPS) is 10.8. The predicted octanol–water partition coefficient (Wildman–Crippen LogP) is 3.06. The number of rotatable bonds is 2. The SMILES string of the molecule is O=C(O)c1ccc2c(Cl)nc(-c3ccccc3O)n2c1. The predicted molar refractivity (Wildman–Crippen MR) is 74.3 cm³/mol. The molecular weight excluding hydrogens is 280 g/mol. The highest BCUT2D eigenvalue weighted by Gasteiger charge is 2.15. The van der Waals surface area contributed by atoms with Gasteiger partial charge in [0.05, 0.1) is 16.6 Å². The van der Waals surface area contributed by atoms with E-state index < -0.39 is 5.97 Å². The van der Waals surface area contributed by atoms with Crippen LogP contribution in [-0.2, 0) is 0 Å². The summed E-state index contributed by atoms with van der Waals surface area (Å²) in [7, 11) is 0. The van der Waals surface area contributed by atoms with Gasteiger partial charge in [0.25, 0.3) is 0 Å². The number of carboxylic acids is 1. The number of hydrogen-bond donors (Lipinski definition) is 2. The van der Waals surface area contributed by atoms with Crippen LogP contribution in [0.25, 0.3) is 16.9 Å². The lowest BCUT2D eigenvalue weighted by Gasteiger charge is -2.04. The second-order valence-electron chi connectivity index (χ2n) is 4.22. The molecule has 0 unspecified atom stereocenters. The van der Waals surface area contributed by atoms with Crippen molar-refractivity contribution < 1.29 is 15.0 Å². The quantitative estimate of drug-likeness (QED) is 0.760. The van der Waals surface area contributed by atoms with Gasteiger partial charge in [0.15, 0.2) is 5.15 Å². The van der Waals surface area contributed by atoms with Crippen molar-refractivity contribution in [2.45, 2.75) is 0 Å². The summed E-state index contributed by atoms with van der Waals surface area (Å²) in [4.78, 5) is 15.2. The number of aromatic hydroxyl groups is 1. The maximum absolute atomic E-state index is 11.1. The average Bonchev–Trinajstić information content (AvgIpc) is 2.76. The summed E-state index contributed by atoms with van der Waals surface area (Å²) in [6.45, 7) is 0. The molecule has 0 fully saturated rings. The Bertz CT molecular complexity index is 826. The Labute approximate surface area is 118 Å². The minimum Gasteiger partial charge on any atom is -0.507 e. The number of nitrogens with zero attached hydrogens (tertiary/aromatic N) is 2. The van der Waals surface area contributed by atoms with E-state index in [1.54, 1.807) is 28.7 Å². The molecule has 0 saturated carbocycles. The van der Waals surface area contributed by atoms with Crippen LogP contribution in [0.3, 0.4) is 0 Å². The number of fused-ring (bicyclic) bond motifs is 1. The van der Waals surface area contributed by atoms with Crippen LogP contribution in [0.5, 0.6) is 5.75 Å². The molecule has 100 valence electrons. The standard InChI is InChI=1S/C14H9ClN2O3/c15-12-10-6-5-8(14(19)20)7-17(10)13(16-12)9-3-1-2-4-11(9)18/h1-7,18H,(H,19,20). The minimum absolute atomic E-state index is 0.0526. The molecule has 0 radical (unpaired) electrons. The summed E-state index contributed by atoms with van der Waals surface area (Å²) in [6.07, 6.45) is 1.43. The summed E-state index contributed by atoms with van der Waals surface area (Å²) in [5.41, 5.74) is 1.18. The van der Waals surface area contributed by atoms with Crippen LogP contribution in [0.2, 0.25) is 5.15 Å². The topological polar surface area (TPSA) is 74.8 Å². The van der Waals surface area contributed by atoms with E-state index in [1.807, 2.05) is 0 Å². The van der Waals surface area contributed by atoms with Crippen molar-refractivity contribution in [2.75, 3.05) is 0 Å². The van der Waals surface area contributed by atoms with E-state index in [0.29, 0.717) is 16.9 Å². The van der Waals surface area contributed by atoms with E-state index in [-0.39, 0.29) is 16.5 Å². The number of phenols is 1. The molecule has 0 aliphatic rings. The van der Waals surface area contributed by atoms with Gasteiger partial charge in [0.2, 0.25) is 0 Å². The molecule has 3 aromatic rings. The molecule has 1 aromatic carbocycles. The maximum Gasteiger partial charge on any atom is 0.337 e. The van der Waals surface area contributed by atoms with Gasteiger partial charge in [-0.1, -0.05) is 23.7 Å². The Kier molecular flexibility index (Phi) is 2.84. The number of imidazole rings is 1. The Balaban J connectivity index is 2.33. The van der Waals surface area contributed by atoms with Crippen molar-refractivity contribution in [3.8, 4) is 17.1 Å². The van der Waals surface area contributed by atoms with Gasteiger partial charge in [0, 0.05) is 6.20 Å². The summed E-state index contributed by atoms with van der Waals surface area (Å²) in [6, 6.07) is 9.71. The van der Waals surface area contributed by atoms with Crippen molar-refractivity contribution >= 4 is 23.1 Å². The number of para-hydroxylation sites is 1. The van der Waals surface area contributed by atoms with Crippen LogP contribution >= 0.6 is 11.6 Å². The van der Waals surface area contributed by atoms with Crippen LogP contribution in [0.15, 0.2) is 42.6 Å². The number of benzene rings is 1. The fourth-order valence-electron chi connectivity index (χ4n) is 2.03. The van der Waals surface area contributed by atoms with Gasteiger partial charge in [-0.25, -0.2) is 9.78 Å². The van der Waals surface area contributed by atoms with Gasteiger partial charge < -0.3 is 10.2 Å². The minimum atomic E-state index is -1.04. The van der Waals surface area contributed by atoms with Crippen molar-refractivity contribution in [3.63, 3.8) is 0 Å². The van der Waals surface area contributed by atoms with E-state index in [1.165, 1.54) is 18.3 Å². The smallest absolute Gasteiger partial charge is 0.337 e. The fraction of sp³-hybridized carbons (Fsp3) is 0. The molecule has 0 spiro atoms. The molecule has 3 rings (SSSR count). The first kappa shape index (κ1) is 12.5. The Hall–Kier alpha value is -2.53. The molecule has 2 heterocycles. The van der Waals surface area contributed by atoms with Gasteiger partial charge in [-0.3, -0.25) is 4.40 Å². The fourth-order valence-corrected chi connectivity index (χ4v) is 2.26. The molecule has 20 heavy (non-hydrogen) atoms. The molecule has 0 amide bonds. The van der Waals surface area contributed by atoms with Crippen molar-refractivity contribution in [2.24, 2.45) is 0 Å². The molecule has 5 nitrogen and oxygen atoms in total. The third-order valence-electron chi connectivity index (χ3n) is 2.98. The Morgan fingerprint density at radius 2 is 1.95 bits per heavy atom. The number of carboxylic acid groups (broad SMARTS) is 1. The first-order valence-electron chi connectivity index (χ1n) is 5.77. The molecule has 0 aliphatic carbocycles. The highest BCUT2D eigenvalue weighted by molar-refractivity contribution is 6.33. The number of hydrogen-bond acceptors (Lipinski definition) is 3. The van der Waals surface area contributed by atoms with Crippen molar-refractivity contribution in [3.05, 3.63) is 53.3 Å². The first-order valence-corrected chi connectivity index (χ1v) is 6.15. The van der Waals surface area contributed by atoms with E-state index in [2.05, 4.69) is 4.98 Å². The van der Waals surface area contributed by atoms with E-state index in [0.717, 1.165) is 0 Å². The van der Waals surface area contributed by atoms with Crippen LogP contribution in [0.1, 0.15) is 10.4 Å². The molecule has 0 saturated heterocycles. The van der Waals surface area contributed by atoms with E-state index in [4.69, 9.17) is 16.7 Å². The molecule has 2 aromatic heterocycles. The zero-order valence-corrected chi connectivity index (χ0v) is 10.9. The monoisotopic (exact) mass is 288 g/mol. The number of aromatic carboxylic acids is 1. The number of phenolic OH excluding ortho intramolecular Hbond substituents is 1. The highest BCUT2D eigenvalue weighted by Crippen LogP contribution is 2.31. The molecule has 2 N–H and O–H groups in total. The molecule has 0 bridgehead atoms. The molecular formula is C14H9ClN2O3. The zero-order valence-electron chi connectivity index (χ0n) is 10.1. The zero-order chi connectivity index (χ0) is 14.3. The Morgan fingerprint density at radius 1 is 1.20 bits per heavy atom. The summed E-state index contributed by atoms with van der Waals surface area (Å²) >= 11 is 6.05. The number of halogens is 1. The Morgan fingerprint density at radius 3 is 2.65 bits per heavy atom. The van der Waals surface area contributed by atoms with Crippen LogP contribution in [-0.4, -0.2) is 25.6 Å². The van der Waals surface area contributed by atoms with Gasteiger partial charge in [-0.2, -0.15) is 0 Å². The lowest BCUT2D eigenvalue weighted by molar-refractivity contribution is 0.0696. The van der Waals surface area contributed by atoms with Crippen LogP contribution in [0.4, 0.5) is 0 Å². The molecule has 0 aliphatic heterocycles. The molecule has 0 atom stereocenters. The lowest BCUT2D eigenvalue weighted by atomic mass is 10.2. The van der Waals surface area contributed by atoms with E-state index >= 15 is 0 Å². The average molecular weight is 289 g/mol. The maximum atomic E-state index is 11.1. The van der Waals surface area contributed by atoms with Crippen molar-refractivity contribution in [1.29, 1.82) is 0 Å². The third kappa shape index (κ3) is 1.88. The summed E-state index contributed by atoms with van der Waals surface area (Å²) < 4.78 is 1.56. The highest BCUT2D eigenvalue weighted by atomic mass is 35.5. The number of pyridine rings is 1. The largest absolute Gasteiger partial charge is 0.507 e. The van der Waals surface area contributed by atoms with E-state index in [9.17, 15) is 9.90 Å². The van der Waals surface area contributed by atoms with Crippen LogP contribution in [0, 0.1) is 0 Å². The summed E-state index contributed by atoms with van der Waals surface area (Å²) in [5, 5.41) is 19.2. The molecule has 6 heteroatoms. The van der Waals surface area contributed by atoms with Gasteiger partial charge in [-0.05, 0) is 24.3 Å². The third-order valence-corrected chi connectivity index (χ3v) is 3.26. The summed E-state index contributed by atoms with van der Waals surface area (Å²) in [5.74, 6) is -0.594. The van der Waals surface area contributed by atoms with Gasteiger partial charge in [0.1, 0.15) is 11.6 Å². The van der Waals surface area contributed by atoms with Crippen LogP contribution < -0.4 is 0 Å². The number of aromatic nitrogens is 2. The second kappa shape index (κ2) is 4.54. The van der Waals surface area contributed by atoms with Gasteiger partial charge in [-0.15, -0.1) is 0 Å². The van der Waals surface area contributed by atoms with Gasteiger partial charge >= 0.3 is 5.97 Å². The first-order chi connectivity index (χ1) is 9.58. The lowest BCUT2D eigenvalue weighted by Crippen LogP contribution is -1.99.